The lowest BCUT2D eigenvalue weighted by Gasteiger charge is -2.13. The van der Waals surface area contributed by atoms with Gasteiger partial charge in [0.15, 0.2) is 11.5 Å². The second-order valence-electron chi connectivity index (χ2n) is 8.10. The van der Waals surface area contributed by atoms with Crippen LogP contribution in [0.5, 0.6) is 11.5 Å². The van der Waals surface area contributed by atoms with Gasteiger partial charge in [-0.3, -0.25) is 4.79 Å². The van der Waals surface area contributed by atoms with E-state index in [0.29, 0.717) is 41.3 Å². The molecule has 4 rings (SSSR count). The van der Waals surface area contributed by atoms with Crippen molar-refractivity contribution in [3.05, 3.63) is 96.4 Å². The van der Waals surface area contributed by atoms with Gasteiger partial charge in [-0.25, -0.2) is 4.98 Å². The Kier molecular flexibility index (Phi) is 8.03. The van der Waals surface area contributed by atoms with Gasteiger partial charge in [0.2, 0.25) is 0 Å². The van der Waals surface area contributed by atoms with Gasteiger partial charge in [-0.2, -0.15) is 9.78 Å². The number of fused-ring (bicyclic) bond motifs is 1. The van der Waals surface area contributed by atoms with E-state index in [1.54, 1.807) is 19.4 Å². The van der Waals surface area contributed by atoms with Gasteiger partial charge in [-0.05, 0) is 65.2 Å². The molecule has 0 bridgehead atoms. The van der Waals surface area contributed by atoms with Gasteiger partial charge < -0.3 is 9.47 Å². The molecule has 3 aromatic carbocycles. The summed E-state index contributed by atoms with van der Waals surface area (Å²) in [4.78, 5) is 17.9. The van der Waals surface area contributed by atoms with E-state index in [9.17, 15) is 4.79 Å². The molecule has 0 spiro atoms. The quantitative estimate of drug-likeness (QED) is 0.213. The standard InChI is InChI=1S/C27H25Br2N3O3/c1-4-6-26-31-23-10-9-20(28)13-21(23)27(33)32(26)30-15-19-12-24(34-3)25(14-22(19)29)35-16-18-8-5-7-17(2)11-18/h5,7-15H,4,6,16H2,1-3H3. The van der Waals surface area contributed by atoms with Gasteiger partial charge in [0.25, 0.3) is 5.56 Å². The number of nitrogens with zero attached hydrogens (tertiary/aromatic N) is 3. The number of methoxy groups -OCH3 is 1. The largest absolute Gasteiger partial charge is 0.493 e. The average Bonchev–Trinajstić information content (AvgIpc) is 2.84. The lowest BCUT2D eigenvalue weighted by molar-refractivity contribution is 0.284. The predicted molar refractivity (Wildman–Crippen MR) is 147 cm³/mol. The number of benzene rings is 3. The Bertz CT molecular complexity index is 1460. The third-order valence-corrected chi connectivity index (χ3v) is 6.60. The molecule has 0 saturated heterocycles. The van der Waals surface area contributed by atoms with Crippen molar-refractivity contribution in [2.45, 2.75) is 33.3 Å². The number of ether oxygens (including phenoxy) is 2. The minimum atomic E-state index is -0.211. The van der Waals surface area contributed by atoms with E-state index < -0.39 is 0 Å². The van der Waals surface area contributed by atoms with Gasteiger partial charge in [-0.15, -0.1) is 0 Å². The first-order chi connectivity index (χ1) is 16.9. The Morgan fingerprint density at radius 3 is 2.66 bits per heavy atom. The van der Waals surface area contributed by atoms with Crippen molar-refractivity contribution in [2.75, 3.05) is 7.11 Å². The summed E-state index contributed by atoms with van der Waals surface area (Å²) in [6.45, 7) is 4.52. The fourth-order valence-electron chi connectivity index (χ4n) is 3.70. The van der Waals surface area contributed by atoms with Crippen molar-refractivity contribution < 1.29 is 9.47 Å². The van der Waals surface area contributed by atoms with Crippen LogP contribution >= 0.6 is 31.9 Å². The van der Waals surface area contributed by atoms with Crippen LogP contribution in [0.3, 0.4) is 0 Å². The second kappa shape index (κ2) is 11.2. The monoisotopic (exact) mass is 597 g/mol. The first-order valence-electron chi connectivity index (χ1n) is 11.2. The lowest BCUT2D eigenvalue weighted by atomic mass is 10.1. The smallest absolute Gasteiger partial charge is 0.282 e. The van der Waals surface area contributed by atoms with Crippen LogP contribution in [0.25, 0.3) is 10.9 Å². The molecule has 0 aliphatic heterocycles. The normalized spacial score (nSPS) is 11.3. The Balaban J connectivity index is 1.67. The SMILES string of the molecule is CCCc1nc2ccc(Br)cc2c(=O)n1N=Cc1cc(OC)c(OCc2cccc(C)c2)cc1Br. The van der Waals surface area contributed by atoms with E-state index in [-0.39, 0.29) is 5.56 Å². The van der Waals surface area contributed by atoms with Crippen molar-refractivity contribution in [1.82, 2.24) is 9.66 Å². The molecule has 0 N–H and O–H groups in total. The van der Waals surface area contributed by atoms with Gasteiger partial charge in [0.1, 0.15) is 12.4 Å². The fraction of sp³-hybridized carbons (Fsp3) is 0.222. The van der Waals surface area contributed by atoms with Gasteiger partial charge in [-0.1, -0.05) is 52.7 Å². The first-order valence-corrected chi connectivity index (χ1v) is 12.8. The predicted octanol–water partition coefficient (Wildman–Crippen LogP) is 6.65. The Hall–Kier alpha value is -2.97. The zero-order valence-electron chi connectivity index (χ0n) is 19.7. The topological polar surface area (TPSA) is 65.7 Å². The zero-order chi connectivity index (χ0) is 24.9. The van der Waals surface area contributed by atoms with Gasteiger partial charge in [0.05, 0.1) is 24.2 Å². The molecule has 4 aromatic rings. The summed E-state index contributed by atoms with van der Waals surface area (Å²) in [5.74, 6) is 1.80. The van der Waals surface area contributed by atoms with Crippen molar-refractivity contribution >= 4 is 49.0 Å². The Morgan fingerprint density at radius 2 is 1.91 bits per heavy atom. The summed E-state index contributed by atoms with van der Waals surface area (Å²) in [6.07, 6.45) is 3.10. The summed E-state index contributed by atoms with van der Waals surface area (Å²) >= 11 is 7.04. The number of halogens is 2. The van der Waals surface area contributed by atoms with Crippen LogP contribution in [0.15, 0.2) is 73.4 Å². The molecule has 35 heavy (non-hydrogen) atoms. The maximum Gasteiger partial charge on any atom is 0.282 e. The lowest BCUT2D eigenvalue weighted by Crippen LogP contribution is -2.22. The van der Waals surface area contributed by atoms with Crippen molar-refractivity contribution in [3.8, 4) is 11.5 Å². The highest BCUT2D eigenvalue weighted by Crippen LogP contribution is 2.33. The first kappa shape index (κ1) is 25.1. The molecule has 1 aromatic heterocycles. The number of hydrogen-bond acceptors (Lipinski definition) is 5. The van der Waals surface area contributed by atoms with Crippen LogP contribution in [0.4, 0.5) is 0 Å². The number of hydrogen-bond donors (Lipinski definition) is 0. The van der Waals surface area contributed by atoms with Crippen LogP contribution in [-0.4, -0.2) is 23.0 Å². The molecular formula is C27H25Br2N3O3. The molecule has 0 amide bonds. The molecule has 0 saturated carbocycles. The molecule has 0 aliphatic carbocycles. The molecule has 8 heteroatoms. The summed E-state index contributed by atoms with van der Waals surface area (Å²) in [7, 11) is 1.60. The van der Waals surface area contributed by atoms with Crippen molar-refractivity contribution in [3.63, 3.8) is 0 Å². The fourth-order valence-corrected chi connectivity index (χ4v) is 4.49. The molecule has 0 aliphatic rings. The highest BCUT2D eigenvalue weighted by molar-refractivity contribution is 9.10. The maximum atomic E-state index is 13.2. The summed E-state index contributed by atoms with van der Waals surface area (Å²) in [5, 5.41) is 5.03. The van der Waals surface area contributed by atoms with E-state index >= 15 is 0 Å². The summed E-state index contributed by atoms with van der Waals surface area (Å²) in [5.41, 5.74) is 3.45. The Morgan fingerprint density at radius 1 is 1.09 bits per heavy atom. The van der Waals surface area contributed by atoms with Crippen LogP contribution in [0.2, 0.25) is 0 Å². The zero-order valence-corrected chi connectivity index (χ0v) is 22.9. The molecule has 0 unspecified atom stereocenters. The molecular weight excluding hydrogens is 574 g/mol. The van der Waals surface area contributed by atoms with Crippen molar-refractivity contribution in [2.24, 2.45) is 5.10 Å². The molecule has 180 valence electrons. The van der Waals surface area contributed by atoms with Crippen LogP contribution in [-0.2, 0) is 13.0 Å². The highest BCUT2D eigenvalue weighted by Gasteiger charge is 2.13. The van der Waals surface area contributed by atoms with Gasteiger partial charge >= 0.3 is 0 Å². The molecule has 1 heterocycles. The summed E-state index contributed by atoms with van der Waals surface area (Å²) < 4.78 is 14.6. The van der Waals surface area contributed by atoms with E-state index in [0.717, 1.165) is 26.5 Å². The second-order valence-corrected chi connectivity index (χ2v) is 9.87. The Labute approximate surface area is 220 Å². The maximum absolute atomic E-state index is 13.2. The molecule has 0 fully saturated rings. The summed E-state index contributed by atoms with van der Waals surface area (Å²) in [6, 6.07) is 17.3. The van der Waals surface area contributed by atoms with E-state index in [1.807, 2.05) is 43.3 Å². The number of aryl methyl sites for hydroxylation is 2. The third-order valence-electron chi connectivity index (χ3n) is 5.42. The van der Waals surface area contributed by atoms with E-state index in [2.05, 4.69) is 61.0 Å². The van der Waals surface area contributed by atoms with E-state index in [1.165, 1.54) is 10.2 Å². The number of rotatable bonds is 8. The average molecular weight is 599 g/mol. The van der Waals surface area contributed by atoms with Crippen LogP contribution in [0, 0.1) is 6.92 Å². The molecule has 0 atom stereocenters. The molecule has 6 nitrogen and oxygen atoms in total. The molecule has 0 radical (unpaired) electrons. The van der Waals surface area contributed by atoms with Gasteiger partial charge in [0, 0.05) is 20.9 Å². The van der Waals surface area contributed by atoms with E-state index in [4.69, 9.17) is 9.47 Å². The van der Waals surface area contributed by atoms with Crippen LogP contribution < -0.4 is 15.0 Å². The third kappa shape index (κ3) is 5.82. The minimum absolute atomic E-state index is 0.211. The number of aromatic nitrogens is 2. The van der Waals surface area contributed by atoms with Crippen molar-refractivity contribution in [1.29, 1.82) is 0 Å². The highest BCUT2D eigenvalue weighted by atomic mass is 79.9. The minimum Gasteiger partial charge on any atom is -0.493 e. The van der Waals surface area contributed by atoms with Crippen LogP contribution in [0.1, 0.15) is 35.9 Å².